The summed E-state index contributed by atoms with van der Waals surface area (Å²) in [4.78, 5) is 1.34. The Morgan fingerprint density at radius 2 is 1.62 bits per heavy atom. The van der Waals surface area contributed by atoms with Gasteiger partial charge in [0.05, 0.1) is 17.7 Å². The Balaban J connectivity index is 1.49. The van der Waals surface area contributed by atoms with E-state index in [1.165, 1.54) is 46.8 Å². The first-order valence-corrected chi connectivity index (χ1v) is 12.2. The van der Waals surface area contributed by atoms with Crippen LogP contribution in [0, 0.1) is 22.7 Å². The van der Waals surface area contributed by atoms with Gasteiger partial charge in [0, 0.05) is 47.2 Å². The Labute approximate surface area is 192 Å². The van der Waals surface area contributed by atoms with E-state index in [1.54, 1.807) is 11.3 Å². The fourth-order valence-corrected chi connectivity index (χ4v) is 7.74. The Morgan fingerprint density at radius 3 is 2.50 bits per heavy atom. The van der Waals surface area contributed by atoms with Crippen LogP contribution < -0.4 is 0 Å². The third kappa shape index (κ3) is 2.40. The molecule has 148 valence electrons. The molecule has 2 heterocycles. The molecule has 4 aromatic carbocycles. The average molecular weight is 443 g/mol. The summed E-state index contributed by atoms with van der Waals surface area (Å²) in [5.74, 6) is 0.272. The molecule has 0 saturated heterocycles. The van der Waals surface area contributed by atoms with E-state index in [4.69, 9.17) is 0 Å². The lowest BCUT2D eigenvalue weighted by molar-refractivity contribution is 0.877. The van der Waals surface area contributed by atoms with Crippen LogP contribution >= 0.6 is 23.1 Å². The lowest BCUT2D eigenvalue weighted by Crippen LogP contribution is -2.08. The molecule has 4 heteroatoms. The van der Waals surface area contributed by atoms with Gasteiger partial charge in [0.15, 0.2) is 0 Å². The number of nitriles is 2. The molecule has 0 amide bonds. The molecular formula is C28H14N2S2. The first kappa shape index (κ1) is 18.0. The lowest BCUT2D eigenvalue weighted by Gasteiger charge is -2.16. The largest absolute Gasteiger partial charge is 0.192 e. The van der Waals surface area contributed by atoms with Crippen LogP contribution in [0.15, 0.2) is 83.3 Å². The maximum Gasteiger partial charge on any atom is 0.0991 e. The second kappa shape index (κ2) is 6.47. The summed E-state index contributed by atoms with van der Waals surface area (Å²) in [6, 6.07) is 24.1. The monoisotopic (exact) mass is 442 g/mol. The zero-order chi connectivity index (χ0) is 21.4. The fraction of sp³-hybridized carbons (Fsp3) is 0.0714. The van der Waals surface area contributed by atoms with E-state index in [1.807, 2.05) is 30.0 Å². The van der Waals surface area contributed by atoms with Gasteiger partial charge in [-0.05, 0) is 58.1 Å². The zero-order valence-electron chi connectivity index (χ0n) is 16.8. The summed E-state index contributed by atoms with van der Waals surface area (Å²) in [5.41, 5.74) is 2.79. The number of thioether (sulfide) groups is 1. The standard InChI is InChI=1S/C28H14N2S2/c29-13-15-1-7-25-23(9-15)19-5-3-17-12-22-18(11-21(17)27(19)31-25)4-6-20-24-10-16(14-30)2-8-26(24)32-28(20)22/h1-12,23,25H. The Hall–Kier alpha value is -3.57. The third-order valence-electron chi connectivity index (χ3n) is 6.62. The van der Waals surface area contributed by atoms with Gasteiger partial charge in [-0.25, -0.2) is 0 Å². The predicted octanol–water partition coefficient (Wildman–Crippen LogP) is 7.81. The minimum absolute atomic E-state index is 0.272. The molecule has 1 aliphatic heterocycles. The van der Waals surface area contributed by atoms with E-state index in [0.29, 0.717) is 10.8 Å². The van der Waals surface area contributed by atoms with Crippen molar-refractivity contribution in [3.63, 3.8) is 0 Å². The molecular weight excluding hydrogens is 428 g/mol. The first-order valence-electron chi connectivity index (χ1n) is 10.5. The molecule has 0 radical (unpaired) electrons. The number of nitrogens with zero attached hydrogens (tertiary/aromatic N) is 2. The van der Waals surface area contributed by atoms with Crippen LogP contribution in [-0.4, -0.2) is 5.25 Å². The van der Waals surface area contributed by atoms with Crippen LogP contribution in [0.4, 0.5) is 0 Å². The average Bonchev–Trinajstić information content (AvgIpc) is 3.40. The van der Waals surface area contributed by atoms with Gasteiger partial charge in [0.1, 0.15) is 0 Å². The Bertz CT molecular complexity index is 1790. The van der Waals surface area contributed by atoms with Crippen molar-refractivity contribution >= 4 is 64.8 Å². The van der Waals surface area contributed by atoms with Crippen molar-refractivity contribution in [2.45, 2.75) is 16.1 Å². The van der Waals surface area contributed by atoms with Crippen molar-refractivity contribution in [3.05, 3.63) is 89.5 Å². The molecule has 0 fully saturated rings. The van der Waals surface area contributed by atoms with Gasteiger partial charge in [-0.15, -0.1) is 23.1 Å². The van der Waals surface area contributed by atoms with E-state index >= 15 is 0 Å². The van der Waals surface area contributed by atoms with Gasteiger partial charge in [0.2, 0.25) is 0 Å². The van der Waals surface area contributed by atoms with Gasteiger partial charge >= 0.3 is 0 Å². The number of hydrogen-bond donors (Lipinski definition) is 0. The molecule has 0 N–H and O–H groups in total. The van der Waals surface area contributed by atoms with Crippen LogP contribution in [-0.2, 0) is 0 Å². The van der Waals surface area contributed by atoms with Gasteiger partial charge < -0.3 is 0 Å². The Morgan fingerprint density at radius 1 is 0.781 bits per heavy atom. The summed E-state index contributed by atoms with van der Waals surface area (Å²) in [6.07, 6.45) is 6.25. The normalized spacial score (nSPS) is 19.1. The molecule has 2 aliphatic rings. The summed E-state index contributed by atoms with van der Waals surface area (Å²) < 4.78 is 2.49. The van der Waals surface area contributed by atoms with Crippen molar-refractivity contribution in [2.75, 3.05) is 0 Å². The number of thiophene rings is 1. The van der Waals surface area contributed by atoms with E-state index in [2.05, 4.69) is 66.8 Å². The maximum atomic E-state index is 9.33. The molecule has 0 bridgehead atoms. The highest BCUT2D eigenvalue weighted by atomic mass is 32.2. The lowest BCUT2D eigenvalue weighted by atomic mass is 9.88. The number of benzene rings is 4. The SMILES string of the molecule is N#CC1=CC2c3ccc4cc5c(ccc6c7cc(C#N)ccc7sc56)cc4c3SC2C=C1. The smallest absolute Gasteiger partial charge is 0.0991 e. The van der Waals surface area contributed by atoms with Gasteiger partial charge in [0.25, 0.3) is 0 Å². The van der Waals surface area contributed by atoms with Crippen molar-refractivity contribution in [1.82, 2.24) is 0 Å². The quantitative estimate of drug-likeness (QED) is 0.230. The molecule has 7 rings (SSSR count). The van der Waals surface area contributed by atoms with E-state index in [0.717, 1.165) is 11.0 Å². The minimum atomic E-state index is 0.272. The zero-order valence-corrected chi connectivity index (χ0v) is 18.4. The van der Waals surface area contributed by atoms with Crippen molar-refractivity contribution in [2.24, 2.45) is 0 Å². The van der Waals surface area contributed by atoms with Gasteiger partial charge in [-0.3, -0.25) is 0 Å². The third-order valence-corrected chi connectivity index (χ3v) is 9.25. The molecule has 0 saturated carbocycles. The summed E-state index contributed by atoms with van der Waals surface area (Å²) in [5, 5.41) is 26.4. The Kier molecular flexibility index (Phi) is 3.65. The van der Waals surface area contributed by atoms with Crippen LogP contribution in [0.3, 0.4) is 0 Å². The first-order chi connectivity index (χ1) is 15.7. The molecule has 32 heavy (non-hydrogen) atoms. The van der Waals surface area contributed by atoms with Crippen molar-refractivity contribution < 1.29 is 0 Å². The molecule has 1 aliphatic carbocycles. The molecule has 5 aromatic rings. The number of rotatable bonds is 0. The van der Waals surface area contributed by atoms with Gasteiger partial charge in [-0.1, -0.05) is 36.4 Å². The second-order valence-electron chi connectivity index (χ2n) is 8.35. The second-order valence-corrected chi connectivity index (χ2v) is 10.6. The highest BCUT2D eigenvalue weighted by molar-refractivity contribution is 8.00. The molecule has 2 atom stereocenters. The summed E-state index contributed by atoms with van der Waals surface area (Å²) >= 11 is 3.71. The molecule has 1 aromatic heterocycles. The van der Waals surface area contributed by atoms with Crippen LogP contribution in [0.1, 0.15) is 17.0 Å². The van der Waals surface area contributed by atoms with Crippen LogP contribution in [0.25, 0.3) is 41.7 Å². The number of allylic oxidation sites excluding steroid dienone is 3. The molecule has 2 nitrogen and oxygen atoms in total. The maximum absolute atomic E-state index is 9.33. The summed E-state index contributed by atoms with van der Waals surface area (Å²) in [6.45, 7) is 0. The van der Waals surface area contributed by atoms with Gasteiger partial charge in [-0.2, -0.15) is 10.5 Å². The molecule has 2 unspecified atom stereocenters. The topological polar surface area (TPSA) is 47.6 Å². The van der Waals surface area contributed by atoms with Crippen LogP contribution in [0.2, 0.25) is 0 Å². The predicted molar refractivity (Wildman–Crippen MR) is 134 cm³/mol. The number of hydrogen-bond acceptors (Lipinski definition) is 4. The molecule has 0 spiro atoms. The van der Waals surface area contributed by atoms with Crippen molar-refractivity contribution in [3.8, 4) is 12.1 Å². The highest BCUT2D eigenvalue weighted by Gasteiger charge is 2.33. The van der Waals surface area contributed by atoms with E-state index in [9.17, 15) is 10.5 Å². The fourth-order valence-electron chi connectivity index (χ4n) is 5.08. The van der Waals surface area contributed by atoms with E-state index in [-0.39, 0.29) is 5.92 Å². The van der Waals surface area contributed by atoms with Crippen LogP contribution in [0.5, 0.6) is 0 Å². The highest BCUT2D eigenvalue weighted by Crippen LogP contribution is 2.52. The summed E-state index contributed by atoms with van der Waals surface area (Å²) in [7, 11) is 0. The van der Waals surface area contributed by atoms with E-state index < -0.39 is 0 Å². The number of fused-ring (bicyclic) bond motifs is 10. The van der Waals surface area contributed by atoms with Crippen molar-refractivity contribution in [1.29, 1.82) is 10.5 Å². The minimum Gasteiger partial charge on any atom is -0.192 e.